The number of nitrogens with zero attached hydrogens (tertiary/aromatic N) is 2. The van der Waals surface area contributed by atoms with Crippen LogP contribution in [-0.2, 0) is 16.1 Å². The Balaban J connectivity index is 1.87. The summed E-state index contributed by atoms with van der Waals surface area (Å²) < 4.78 is 19.3. The summed E-state index contributed by atoms with van der Waals surface area (Å²) in [5.74, 6) is -0.798. The monoisotopic (exact) mass is 455 g/mol. The van der Waals surface area contributed by atoms with Crippen molar-refractivity contribution < 1.29 is 18.7 Å². The Labute approximate surface area is 195 Å². The van der Waals surface area contributed by atoms with Gasteiger partial charge in [-0.1, -0.05) is 26.8 Å². The topological polar surface area (TPSA) is 61.9 Å². The van der Waals surface area contributed by atoms with Crippen LogP contribution in [0.25, 0.3) is 0 Å². The molecule has 1 atom stereocenters. The maximum Gasteiger partial charge on any atom is 0.255 e. The first kappa shape index (κ1) is 24.7. The van der Waals surface area contributed by atoms with E-state index in [1.807, 2.05) is 62.9 Å². The quantitative estimate of drug-likeness (QED) is 0.658. The summed E-state index contributed by atoms with van der Waals surface area (Å²) in [6.45, 7) is 7.41. The van der Waals surface area contributed by atoms with Gasteiger partial charge in [0.1, 0.15) is 5.82 Å². The average molecular weight is 456 g/mol. The molecule has 0 radical (unpaired) electrons. The standard InChI is InChI=1S/C26H34FN3O3/c1-26(2,3)25(32)30(17-22-10-7-13-33-22)16-19-15-21(11-12-23(19)29(4)5)28-24(31)18-8-6-9-20(27)14-18/h6,8-9,11-12,14-15,22H,7,10,13,16-17H2,1-5H3,(H,28,31)/t22-/m0/s1. The molecule has 0 spiro atoms. The van der Waals surface area contributed by atoms with Crippen molar-refractivity contribution in [2.45, 2.75) is 46.3 Å². The number of carbonyl (C=O) groups is 2. The van der Waals surface area contributed by atoms with Gasteiger partial charge in [0.25, 0.3) is 5.91 Å². The summed E-state index contributed by atoms with van der Waals surface area (Å²) in [6, 6.07) is 11.2. The van der Waals surface area contributed by atoms with Gasteiger partial charge in [-0.05, 0) is 54.8 Å². The molecule has 7 heteroatoms. The normalized spacial score (nSPS) is 15.9. The molecule has 6 nitrogen and oxygen atoms in total. The maximum absolute atomic E-state index is 13.5. The van der Waals surface area contributed by atoms with E-state index in [0.717, 1.165) is 30.7 Å². The van der Waals surface area contributed by atoms with Crippen molar-refractivity contribution >= 4 is 23.2 Å². The molecule has 1 N–H and O–H groups in total. The zero-order chi connectivity index (χ0) is 24.2. The van der Waals surface area contributed by atoms with E-state index in [9.17, 15) is 14.0 Å². The lowest BCUT2D eigenvalue weighted by Crippen LogP contribution is -2.43. The highest BCUT2D eigenvalue weighted by atomic mass is 19.1. The zero-order valence-corrected chi connectivity index (χ0v) is 20.2. The average Bonchev–Trinajstić information content (AvgIpc) is 3.25. The van der Waals surface area contributed by atoms with Crippen LogP contribution in [0.15, 0.2) is 42.5 Å². The predicted octanol–water partition coefficient (Wildman–Crippen LogP) is 4.70. The lowest BCUT2D eigenvalue weighted by Gasteiger charge is -2.32. The second kappa shape index (κ2) is 10.3. The van der Waals surface area contributed by atoms with Crippen LogP contribution in [0.5, 0.6) is 0 Å². The van der Waals surface area contributed by atoms with Gasteiger partial charge in [0, 0.05) is 56.1 Å². The number of anilines is 2. The minimum Gasteiger partial charge on any atom is -0.377 e. The van der Waals surface area contributed by atoms with Gasteiger partial charge in [0.15, 0.2) is 0 Å². The van der Waals surface area contributed by atoms with E-state index in [0.29, 0.717) is 18.8 Å². The largest absolute Gasteiger partial charge is 0.377 e. The van der Waals surface area contributed by atoms with E-state index in [2.05, 4.69) is 5.32 Å². The second-order valence-electron chi connectivity index (χ2n) is 9.77. The molecule has 2 amide bonds. The Morgan fingerprint density at radius 1 is 1.15 bits per heavy atom. The van der Waals surface area contributed by atoms with Gasteiger partial charge in [-0.3, -0.25) is 9.59 Å². The van der Waals surface area contributed by atoms with Crippen molar-refractivity contribution in [3.05, 3.63) is 59.4 Å². The third kappa shape index (κ3) is 6.54. The van der Waals surface area contributed by atoms with Crippen LogP contribution in [0.4, 0.5) is 15.8 Å². The fourth-order valence-corrected chi connectivity index (χ4v) is 3.99. The number of carbonyl (C=O) groups excluding carboxylic acids is 2. The molecular weight excluding hydrogens is 421 g/mol. The predicted molar refractivity (Wildman–Crippen MR) is 129 cm³/mol. The van der Waals surface area contributed by atoms with Crippen LogP contribution in [0.2, 0.25) is 0 Å². The molecule has 0 aromatic heterocycles. The molecule has 0 unspecified atom stereocenters. The van der Waals surface area contributed by atoms with Crippen molar-refractivity contribution in [2.24, 2.45) is 5.41 Å². The summed E-state index contributed by atoms with van der Waals surface area (Å²) in [7, 11) is 3.89. The van der Waals surface area contributed by atoms with Gasteiger partial charge >= 0.3 is 0 Å². The first-order valence-electron chi connectivity index (χ1n) is 11.3. The number of ether oxygens (including phenoxy) is 1. The van der Waals surface area contributed by atoms with Crippen molar-refractivity contribution in [2.75, 3.05) is 37.5 Å². The summed E-state index contributed by atoms with van der Waals surface area (Å²) in [6.07, 6.45) is 1.99. The van der Waals surface area contributed by atoms with E-state index in [1.165, 1.54) is 18.2 Å². The molecule has 0 bridgehead atoms. The van der Waals surface area contributed by atoms with Crippen LogP contribution in [0.3, 0.4) is 0 Å². The molecule has 1 heterocycles. The van der Waals surface area contributed by atoms with E-state index < -0.39 is 11.2 Å². The number of nitrogens with one attached hydrogen (secondary N) is 1. The fourth-order valence-electron chi connectivity index (χ4n) is 3.99. The Morgan fingerprint density at radius 3 is 2.52 bits per heavy atom. The number of benzene rings is 2. The van der Waals surface area contributed by atoms with Crippen molar-refractivity contribution in [3.8, 4) is 0 Å². The maximum atomic E-state index is 13.5. The van der Waals surface area contributed by atoms with Gasteiger partial charge in [0.05, 0.1) is 6.10 Å². The van der Waals surface area contributed by atoms with Gasteiger partial charge < -0.3 is 19.9 Å². The molecule has 1 aliphatic rings. The number of amides is 2. The number of rotatable bonds is 7. The van der Waals surface area contributed by atoms with Gasteiger partial charge in [0.2, 0.25) is 5.91 Å². The minimum atomic E-state index is -0.528. The highest BCUT2D eigenvalue weighted by molar-refractivity contribution is 6.04. The number of hydrogen-bond acceptors (Lipinski definition) is 4. The Hall–Kier alpha value is -2.93. The van der Waals surface area contributed by atoms with Crippen LogP contribution in [0.1, 0.15) is 49.5 Å². The molecule has 0 aliphatic carbocycles. The summed E-state index contributed by atoms with van der Waals surface area (Å²) >= 11 is 0. The smallest absolute Gasteiger partial charge is 0.255 e. The molecular formula is C26H34FN3O3. The Kier molecular flexibility index (Phi) is 7.74. The molecule has 178 valence electrons. The molecule has 33 heavy (non-hydrogen) atoms. The highest BCUT2D eigenvalue weighted by Crippen LogP contribution is 2.28. The molecule has 0 saturated carbocycles. The van der Waals surface area contributed by atoms with Gasteiger partial charge in [-0.15, -0.1) is 0 Å². The van der Waals surface area contributed by atoms with Crippen LogP contribution in [0, 0.1) is 11.2 Å². The van der Waals surface area contributed by atoms with Crippen LogP contribution in [-0.4, -0.2) is 50.1 Å². The second-order valence-corrected chi connectivity index (χ2v) is 9.77. The molecule has 2 aromatic rings. The Morgan fingerprint density at radius 2 is 1.91 bits per heavy atom. The van der Waals surface area contributed by atoms with Crippen molar-refractivity contribution in [1.29, 1.82) is 0 Å². The van der Waals surface area contributed by atoms with Crippen LogP contribution >= 0.6 is 0 Å². The number of halogens is 1. The zero-order valence-electron chi connectivity index (χ0n) is 20.2. The summed E-state index contributed by atoms with van der Waals surface area (Å²) in [4.78, 5) is 29.7. The lowest BCUT2D eigenvalue weighted by molar-refractivity contribution is -0.141. The third-order valence-electron chi connectivity index (χ3n) is 5.64. The molecule has 1 aliphatic heterocycles. The lowest BCUT2D eigenvalue weighted by atomic mass is 9.94. The number of hydrogen-bond donors (Lipinski definition) is 1. The van der Waals surface area contributed by atoms with E-state index >= 15 is 0 Å². The first-order valence-corrected chi connectivity index (χ1v) is 11.3. The van der Waals surface area contributed by atoms with E-state index in [1.54, 1.807) is 6.07 Å². The van der Waals surface area contributed by atoms with Crippen molar-refractivity contribution in [3.63, 3.8) is 0 Å². The van der Waals surface area contributed by atoms with Crippen molar-refractivity contribution in [1.82, 2.24) is 4.90 Å². The third-order valence-corrected chi connectivity index (χ3v) is 5.64. The van der Waals surface area contributed by atoms with Gasteiger partial charge in [-0.25, -0.2) is 4.39 Å². The summed E-state index contributed by atoms with van der Waals surface area (Å²) in [5, 5.41) is 2.85. The van der Waals surface area contributed by atoms with Gasteiger partial charge in [-0.2, -0.15) is 0 Å². The van der Waals surface area contributed by atoms with E-state index in [-0.39, 0.29) is 23.5 Å². The summed E-state index contributed by atoms with van der Waals surface area (Å²) in [5.41, 5.74) is 2.17. The SMILES string of the molecule is CN(C)c1ccc(NC(=O)c2cccc(F)c2)cc1CN(C[C@@H]1CCCO1)C(=O)C(C)(C)C. The Bertz CT molecular complexity index is 995. The van der Waals surface area contributed by atoms with E-state index in [4.69, 9.17) is 4.74 Å². The molecule has 2 aromatic carbocycles. The molecule has 1 fully saturated rings. The van der Waals surface area contributed by atoms with Crippen LogP contribution < -0.4 is 10.2 Å². The molecule has 3 rings (SSSR count). The minimum absolute atomic E-state index is 0.0370. The molecule has 1 saturated heterocycles. The highest BCUT2D eigenvalue weighted by Gasteiger charge is 2.31. The fraction of sp³-hybridized carbons (Fsp3) is 0.462. The first-order chi connectivity index (χ1) is 15.5.